The molecule has 0 radical (unpaired) electrons. The van der Waals surface area contributed by atoms with Crippen molar-refractivity contribution in [3.63, 3.8) is 0 Å². The van der Waals surface area contributed by atoms with Crippen molar-refractivity contribution in [1.82, 2.24) is 25.0 Å². The lowest BCUT2D eigenvalue weighted by Crippen LogP contribution is -2.20. The van der Waals surface area contributed by atoms with Crippen molar-refractivity contribution in [2.24, 2.45) is 0 Å². The van der Waals surface area contributed by atoms with Crippen LogP contribution in [0.15, 0.2) is 18.5 Å². The number of aromatic nitrogens is 5. The SMILES string of the molecule is COc1cc(Cl)nc(NC(=O)Cn2ccnn2)n1. The van der Waals surface area contributed by atoms with E-state index in [0.29, 0.717) is 0 Å². The van der Waals surface area contributed by atoms with Crippen LogP contribution >= 0.6 is 11.6 Å². The van der Waals surface area contributed by atoms with Gasteiger partial charge in [0.25, 0.3) is 0 Å². The number of amides is 1. The zero-order valence-corrected chi connectivity index (χ0v) is 10.1. The molecule has 94 valence electrons. The zero-order chi connectivity index (χ0) is 13.0. The number of anilines is 1. The Morgan fingerprint density at radius 1 is 1.56 bits per heavy atom. The number of nitrogens with zero attached hydrogens (tertiary/aromatic N) is 5. The van der Waals surface area contributed by atoms with Crippen molar-refractivity contribution in [3.8, 4) is 5.88 Å². The molecule has 0 bridgehead atoms. The van der Waals surface area contributed by atoms with E-state index in [2.05, 4.69) is 25.6 Å². The summed E-state index contributed by atoms with van der Waals surface area (Å²) in [7, 11) is 1.44. The van der Waals surface area contributed by atoms with E-state index in [1.165, 1.54) is 24.1 Å². The third kappa shape index (κ3) is 3.14. The predicted octanol–water partition coefficient (Wildman–Crippen LogP) is 0.369. The van der Waals surface area contributed by atoms with E-state index >= 15 is 0 Å². The molecule has 1 amide bonds. The molecule has 9 heteroatoms. The molecule has 0 aliphatic carbocycles. The molecule has 0 spiro atoms. The minimum absolute atomic E-state index is 0.0121. The summed E-state index contributed by atoms with van der Waals surface area (Å²) >= 11 is 5.74. The van der Waals surface area contributed by atoms with Gasteiger partial charge in [-0.3, -0.25) is 10.1 Å². The number of nitrogens with one attached hydrogen (secondary N) is 1. The van der Waals surface area contributed by atoms with E-state index in [0.717, 1.165) is 0 Å². The molecule has 2 aromatic heterocycles. The van der Waals surface area contributed by atoms with E-state index in [9.17, 15) is 4.79 Å². The van der Waals surface area contributed by atoms with Gasteiger partial charge in [-0.15, -0.1) is 5.10 Å². The minimum atomic E-state index is -0.343. The van der Waals surface area contributed by atoms with E-state index < -0.39 is 0 Å². The van der Waals surface area contributed by atoms with Crippen molar-refractivity contribution in [3.05, 3.63) is 23.6 Å². The number of hydrogen-bond donors (Lipinski definition) is 1. The summed E-state index contributed by atoms with van der Waals surface area (Å²) in [5.41, 5.74) is 0. The molecule has 0 fully saturated rings. The lowest BCUT2D eigenvalue weighted by molar-refractivity contribution is -0.117. The monoisotopic (exact) mass is 268 g/mol. The zero-order valence-electron chi connectivity index (χ0n) is 9.37. The number of carbonyl (C=O) groups excluding carboxylic acids is 1. The average Bonchev–Trinajstić information content (AvgIpc) is 2.80. The molecular formula is C9H9ClN6O2. The van der Waals surface area contributed by atoms with Gasteiger partial charge in [0.05, 0.1) is 13.3 Å². The highest BCUT2D eigenvalue weighted by molar-refractivity contribution is 6.29. The molecule has 2 rings (SSSR count). The van der Waals surface area contributed by atoms with Crippen LogP contribution in [0.4, 0.5) is 5.95 Å². The molecule has 18 heavy (non-hydrogen) atoms. The Morgan fingerprint density at radius 2 is 2.39 bits per heavy atom. The fourth-order valence-electron chi connectivity index (χ4n) is 1.19. The summed E-state index contributed by atoms with van der Waals surface area (Å²) in [5.74, 6) is 0.000316. The highest BCUT2D eigenvalue weighted by Gasteiger charge is 2.08. The van der Waals surface area contributed by atoms with Crippen LogP contribution in [0.25, 0.3) is 0 Å². The first-order chi connectivity index (χ1) is 8.67. The molecule has 2 heterocycles. The molecule has 0 aliphatic rings. The first-order valence-electron chi connectivity index (χ1n) is 4.90. The van der Waals surface area contributed by atoms with E-state index in [4.69, 9.17) is 16.3 Å². The van der Waals surface area contributed by atoms with Crippen LogP contribution in [0.1, 0.15) is 0 Å². The number of carbonyl (C=O) groups is 1. The van der Waals surface area contributed by atoms with Gasteiger partial charge in [-0.25, -0.2) is 9.67 Å². The standard InChI is InChI=1S/C9H9ClN6O2/c1-18-8-4-6(10)12-9(14-8)13-7(17)5-16-3-2-11-15-16/h2-4H,5H2,1H3,(H,12,13,14,17). The smallest absolute Gasteiger partial charge is 0.248 e. The predicted molar refractivity (Wildman–Crippen MR) is 62.2 cm³/mol. The molecule has 0 saturated carbocycles. The van der Waals surface area contributed by atoms with Gasteiger partial charge in [-0.05, 0) is 0 Å². The molecule has 0 atom stereocenters. The summed E-state index contributed by atoms with van der Waals surface area (Å²) < 4.78 is 6.28. The molecule has 0 aliphatic heterocycles. The van der Waals surface area contributed by atoms with E-state index in [-0.39, 0.29) is 29.4 Å². The second kappa shape index (κ2) is 5.41. The Balaban J connectivity index is 2.04. The summed E-state index contributed by atoms with van der Waals surface area (Å²) in [5, 5.41) is 9.91. The fourth-order valence-corrected chi connectivity index (χ4v) is 1.36. The van der Waals surface area contributed by atoms with Crippen LogP contribution in [0.3, 0.4) is 0 Å². The van der Waals surface area contributed by atoms with Crippen molar-refractivity contribution in [2.75, 3.05) is 12.4 Å². The molecule has 2 aromatic rings. The van der Waals surface area contributed by atoms with Crippen LogP contribution in [0.2, 0.25) is 5.15 Å². The van der Waals surface area contributed by atoms with Crippen molar-refractivity contribution < 1.29 is 9.53 Å². The first-order valence-corrected chi connectivity index (χ1v) is 5.27. The van der Waals surface area contributed by atoms with Crippen molar-refractivity contribution >= 4 is 23.5 Å². The van der Waals surface area contributed by atoms with Gasteiger partial charge in [0, 0.05) is 12.3 Å². The number of halogens is 1. The van der Waals surface area contributed by atoms with Crippen LogP contribution < -0.4 is 10.1 Å². The number of hydrogen-bond acceptors (Lipinski definition) is 6. The maximum absolute atomic E-state index is 11.6. The number of rotatable bonds is 4. The number of ether oxygens (including phenoxy) is 1. The Labute approximate surface area is 107 Å². The van der Waals surface area contributed by atoms with Crippen LogP contribution in [-0.2, 0) is 11.3 Å². The fraction of sp³-hybridized carbons (Fsp3) is 0.222. The van der Waals surface area contributed by atoms with Crippen LogP contribution in [-0.4, -0.2) is 38.0 Å². The second-order valence-electron chi connectivity index (χ2n) is 3.21. The van der Waals surface area contributed by atoms with Gasteiger partial charge in [0.1, 0.15) is 11.7 Å². The topological polar surface area (TPSA) is 94.8 Å². The molecule has 0 saturated heterocycles. The van der Waals surface area contributed by atoms with Crippen molar-refractivity contribution in [2.45, 2.75) is 6.54 Å². The third-order valence-corrected chi connectivity index (χ3v) is 2.10. The first kappa shape index (κ1) is 12.2. The highest BCUT2D eigenvalue weighted by Crippen LogP contribution is 2.15. The highest BCUT2D eigenvalue weighted by atomic mass is 35.5. The maximum atomic E-state index is 11.6. The van der Waals surface area contributed by atoms with Crippen LogP contribution in [0.5, 0.6) is 5.88 Å². The summed E-state index contributed by atoms with van der Waals surface area (Å²) in [6, 6.07) is 1.44. The van der Waals surface area contributed by atoms with E-state index in [1.807, 2.05) is 0 Å². The quantitative estimate of drug-likeness (QED) is 0.805. The van der Waals surface area contributed by atoms with E-state index in [1.54, 1.807) is 6.20 Å². The van der Waals surface area contributed by atoms with Gasteiger partial charge in [0.15, 0.2) is 0 Å². The van der Waals surface area contributed by atoms with Crippen LogP contribution in [0, 0.1) is 0 Å². The summed E-state index contributed by atoms with van der Waals surface area (Å²) in [4.78, 5) is 19.4. The molecule has 0 unspecified atom stereocenters. The molecule has 8 nitrogen and oxygen atoms in total. The van der Waals surface area contributed by atoms with Gasteiger partial charge in [0.2, 0.25) is 17.7 Å². The van der Waals surface area contributed by atoms with Gasteiger partial charge in [-0.2, -0.15) is 4.98 Å². The van der Waals surface area contributed by atoms with Gasteiger partial charge < -0.3 is 4.74 Å². The molecular weight excluding hydrogens is 260 g/mol. The van der Waals surface area contributed by atoms with Gasteiger partial charge >= 0.3 is 0 Å². The Morgan fingerprint density at radius 3 is 3.06 bits per heavy atom. The molecule has 1 N–H and O–H groups in total. The number of methoxy groups -OCH3 is 1. The summed E-state index contributed by atoms with van der Waals surface area (Å²) in [6.07, 6.45) is 3.05. The average molecular weight is 269 g/mol. The third-order valence-electron chi connectivity index (χ3n) is 1.91. The molecule has 0 aromatic carbocycles. The van der Waals surface area contributed by atoms with Gasteiger partial charge in [-0.1, -0.05) is 16.8 Å². The van der Waals surface area contributed by atoms with Crippen molar-refractivity contribution in [1.29, 1.82) is 0 Å². The Kier molecular flexibility index (Phi) is 3.68. The lowest BCUT2D eigenvalue weighted by atomic mass is 10.5. The summed E-state index contributed by atoms with van der Waals surface area (Å²) in [6.45, 7) is 0.0121. The Hall–Kier alpha value is -2.22. The second-order valence-corrected chi connectivity index (χ2v) is 3.59. The lowest BCUT2D eigenvalue weighted by Gasteiger charge is -2.05. The largest absolute Gasteiger partial charge is 0.481 e. The maximum Gasteiger partial charge on any atom is 0.248 e. The Bertz CT molecular complexity index is 544. The normalized spacial score (nSPS) is 10.1. The minimum Gasteiger partial charge on any atom is -0.481 e.